The highest BCUT2D eigenvalue weighted by molar-refractivity contribution is 7.12. The quantitative estimate of drug-likeness (QED) is 0.776. The van der Waals surface area contributed by atoms with Crippen molar-refractivity contribution in [1.29, 1.82) is 0 Å². The van der Waals surface area contributed by atoms with E-state index in [1.165, 1.54) is 11.3 Å². The lowest BCUT2D eigenvalue weighted by molar-refractivity contribution is 0.0982. The first-order valence-electron chi connectivity index (χ1n) is 5.90. The van der Waals surface area contributed by atoms with Crippen molar-refractivity contribution in [3.05, 3.63) is 56.6 Å². The number of Topliss-reactive ketones (excluding diaryl/α,β-unsaturated/α-hetero) is 1. The highest BCUT2D eigenvalue weighted by Crippen LogP contribution is 2.12. The number of aromatic nitrogens is 1. The van der Waals surface area contributed by atoms with E-state index in [9.17, 15) is 9.59 Å². The monoisotopic (exact) mass is 261 g/mol. The van der Waals surface area contributed by atoms with Crippen LogP contribution < -0.4 is 5.56 Å². The Labute approximate surface area is 110 Å². The van der Waals surface area contributed by atoms with Gasteiger partial charge in [-0.3, -0.25) is 9.59 Å². The van der Waals surface area contributed by atoms with Gasteiger partial charge in [0.25, 0.3) is 5.56 Å². The Morgan fingerprint density at radius 3 is 2.89 bits per heavy atom. The van der Waals surface area contributed by atoms with Crippen LogP contribution in [0.3, 0.4) is 0 Å². The third kappa shape index (κ3) is 3.17. The van der Waals surface area contributed by atoms with E-state index in [0.29, 0.717) is 19.4 Å². The Hall–Kier alpha value is -1.68. The van der Waals surface area contributed by atoms with Crippen LogP contribution in [0.25, 0.3) is 0 Å². The number of thiophene rings is 1. The third-order valence-electron chi connectivity index (χ3n) is 2.75. The van der Waals surface area contributed by atoms with Gasteiger partial charge >= 0.3 is 0 Å². The minimum Gasteiger partial charge on any atom is -0.316 e. The van der Waals surface area contributed by atoms with E-state index in [1.54, 1.807) is 16.8 Å². The molecule has 3 nitrogen and oxygen atoms in total. The van der Waals surface area contributed by atoms with Crippen molar-refractivity contribution in [2.45, 2.75) is 26.3 Å². The average molecular weight is 261 g/mol. The molecule has 0 fully saturated rings. The van der Waals surface area contributed by atoms with Gasteiger partial charge < -0.3 is 4.57 Å². The van der Waals surface area contributed by atoms with Crippen LogP contribution in [-0.4, -0.2) is 10.4 Å². The van der Waals surface area contributed by atoms with Gasteiger partial charge in [0.2, 0.25) is 0 Å². The Balaban J connectivity index is 1.89. The number of carbonyl (C=O) groups excluding carboxylic acids is 1. The summed E-state index contributed by atoms with van der Waals surface area (Å²) in [6.45, 7) is 2.49. The topological polar surface area (TPSA) is 39.1 Å². The van der Waals surface area contributed by atoms with Crippen molar-refractivity contribution in [2.75, 3.05) is 0 Å². The summed E-state index contributed by atoms with van der Waals surface area (Å²) in [5.74, 6) is 0.158. The number of pyridine rings is 1. The number of rotatable bonds is 5. The van der Waals surface area contributed by atoms with Crippen LogP contribution >= 0.6 is 11.3 Å². The highest BCUT2D eigenvalue weighted by Gasteiger charge is 2.06. The van der Waals surface area contributed by atoms with Crippen molar-refractivity contribution in [1.82, 2.24) is 4.57 Å². The van der Waals surface area contributed by atoms with Gasteiger partial charge in [-0.15, -0.1) is 11.3 Å². The van der Waals surface area contributed by atoms with E-state index in [2.05, 4.69) is 0 Å². The summed E-state index contributed by atoms with van der Waals surface area (Å²) >= 11 is 1.46. The zero-order valence-corrected chi connectivity index (χ0v) is 11.1. The van der Waals surface area contributed by atoms with Gasteiger partial charge in [0.15, 0.2) is 5.78 Å². The van der Waals surface area contributed by atoms with Gasteiger partial charge in [0, 0.05) is 25.2 Å². The van der Waals surface area contributed by atoms with Crippen molar-refractivity contribution < 1.29 is 4.79 Å². The lowest BCUT2D eigenvalue weighted by Crippen LogP contribution is -2.19. The van der Waals surface area contributed by atoms with E-state index in [-0.39, 0.29) is 11.3 Å². The molecular formula is C14H15NO2S. The molecule has 0 N–H and O–H groups in total. The molecule has 0 aliphatic rings. The second-order valence-electron chi connectivity index (χ2n) is 4.24. The summed E-state index contributed by atoms with van der Waals surface area (Å²) < 4.78 is 1.65. The zero-order chi connectivity index (χ0) is 13.0. The summed E-state index contributed by atoms with van der Waals surface area (Å²) in [4.78, 5) is 24.2. The van der Waals surface area contributed by atoms with E-state index in [0.717, 1.165) is 10.4 Å². The Bertz CT molecular complexity index is 584. The van der Waals surface area contributed by atoms with Crippen LogP contribution in [0, 0.1) is 6.92 Å². The summed E-state index contributed by atoms with van der Waals surface area (Å²) in [5, 5.41) is 1.90. The van der Waals surface area contributed by atoms with E-state index < -0.39 is 0 Å². The fraction of sp³-hybridized carbons (Fsp3) is 0.286. The molecule has 0 aliphatic heterocycles. The van der Waals surface area contributed by atoms with E-state index >= 15 is 0 Å². The lowest BCUT2D eigenvalue weighted by atomic mass is 10.2. The number of nitrogens with zero attached hydrogens (tertiary/aromatic N) is 1. The standard InChI is InChI=1S/C14H15NO2S/c1-11-6-8-15(14(17)10-11)7-2-4-12(16)13-5-3-9-18-13/h3,5-6,8-10H,2,4,7H2,1H3. The molecule has 0 radical (unpaired) electrons. The van der Waals surface area contributed by atoms with Crippen LogP contribution in [0.2, 0.25) is 0 Å². The van der Waals surface area contributed by atoms with Gasteiger partial charge in [0.1, 0.15) is 0 Å². The predicted molar refractivity (Wildman–Crippen MR) is 73.3 cm³/mol. The second-order valence-corrected chi connectivity index (χ2v) is 5.19. The molecule has 94 valence electrons. The molecule has 2 aromatic rings. The van der Waals surface area contributed by atoms with Crippen LogP contribution in [0.15, 0.2) is 40.6 Å². The van der Waals surface area contributed by atoms with E-state index in [1.807, 2.05) is 30.5 Å². The number of carbonyl (C=O) groups is 1. The molecule has 18 heavy (non-hydrogen) atoms. The molecule has 0 aliphatic carbocycles. The summed E-state index contributed by atoms with van der Waals surface area (Å²) in [5.41, 5.74) is 0.962. The molecule has 2 aromatic heterocycles. The molecule has 0 bridgehead atoms. The smallest absolute Gasteiger partial charge is 0.250 e. The maximum absolute atomic E-state index is 11.8. The number of hydrogen-bond donors (Lipinski definition) is 0. The largest absolute Gasteiger partial charge is 0.316 e. The number of hydrogen-bond acceptors (Lipinski definition) is 3. The normalized spacial score (nSPS) is 10.5. The molecule has 0 amide bonds. The maximum Gasteiger partial charge on any atom is 0.250 e. The summed E-state index contributed by atoms with van der Waals surface area (Å²) in [6.07, 6.45) is 2.97. The molecule has 0 spiro atoms. The average Bonchev–Trinajstić information content (AvgIpc) is 2.85. The molecule has 0 saturated heterocycles. The summed E-state index contributed by atoms with van der Waals surface area (Å²) in [6, 6.07) is 7.23. The van der Waals surface area contributed by atoms with E-state index in [4.69, 9.17) is 0 Å². The van der Waals surface area contributed by atoms with Crippen molar-refractivity contribution >= 4 is 17.1 Å². The molecule has 2 rings (SSSR count). The lowest BCUT2D eigenvalue weighted by Gasteiger charge is -2.04. The van der Waals surface area contributed by atoms with Gasteiger partial charge in [-0.25, -0.2) is 0 Å². The Kier molecular flexibility index (Phi) is 4.10. The minimum atomic E-state index is -0.00132. The summed E-state index contributed by atoms with van der Waals surface area (Å²) in [7, 11) is 0. The number of aryl methyl sites for hydroxylation is 2. The van der Waals surface area contributed by atoms with Crippen molar-refractivity contribution in [3.63, 3.8) is 0 Å². The first-order valence-corrected chi connectivity index (χ1v) is 6.78. The fourth-order valence-electron chi connectivity index (χ4n) is 1.76. The third-order valence-corrected chi connectivity index (χ3v) is 3.66. The molecule has 4 heteroatoms. The van der Waals surface area contributed by atoms with Crippen LogP contribution in [-0.2, 0) is 6.54 Å². The molecule has 0 saturated carbocycles. The molecule has 0 unspecified atom stereocenters. The second kappa shape index (κ2) is 5.78. The minimum absolute atomic E-state index is 0.00132. The fourth-order valence-corrected chi connectivity index (χ4v) is 2.46. The Morgan fingerprint density at radius 2 is 2.22 bits per heavy atom. The zero-order valence-electron chi connectivity index (χ0n) is 10.3. The van der Waals surface area contributed by atoms with Gasteiger partial charge in [-0.05, 0) is 36.4 Å². The predicted octanol–water partition coefficient (Wildman–Crippen LogP) is 2.88. The molecule has 0 aromatic carbocycles. The number of ketones is 1. The Morgan fingerprint density at radius 1 is 1.39 bits per heavy atom. The maximum atomic E-state index is 11.8. The van der Waals surface area contributed by atoms with Crippen LogP contribution in [0.1, 0.15) is 28.1 Å². The van der Waals surface area contributed by atoms with Gasteiger partial charge in [-0.2, -0.15) is 0 Å². The molecular weight excluding hydrogens is 246 g/mol. The van der Waals surface area contributed by atoms with Crippen molar-refractivity contribution in [2.24, 2.45) is 0 Å². The molecule has 2 heterocycles. The first-order chi connectivity index (χ1) is 8.66. The van der Waals surface area contributed by atoms with Gasteiger partial charge in [-0.1, -0.05) is 6.07 Å². The SMILES string of the molecule is Cc1ccn(CCCC(=O)c2cccs2)c(=O)c1. The highest BCUT2D eigenvalue weighted by atomic mass is 32.1. The molecule has 0 atom stereocenters. The van der Waals surface area contributed by atoms with Crippen LogP contribution in [0.4, 0.5) is 0 Å². The van der Waals surface area contributed by atoms with Crippen molar-refractivity contribution in [3.8, 4) is 0 Å². The first kappa shape index (κ1) is 12.8. The van der Waals surface area contributed by atoms with Crippen LogP contribution in [0.5, 0.6) is 0 Å². The van der Waals surface area contributed by atoms with Gasteiger partial charge in [0.05, 0.1) is 4.88 Å².